The van der Waals surface area contributed by atoms with Crippen LogP contribution in [0.3, 0.4) is 0 Å². The third-order valence-electron chi connectivity index (χ3n) is 2.35. The van der Waals surface area contributed by atoms with E-state index in [1.165, 1.54) is 13.8 Å². The van der Waals surface area contributed by atoms with Gasteiger partial charge in [-0.25, -0.2) is 13.6 Å². The summed E-state index contributed by atoms with van der Waals surface area (Å²) in [5, 5.41) is 24.9. The first-order valence-corrected chi connectivity index (χ1v) is 6.20. The van der Waals surface area contributed by atoms with Crippen LogP contribution < -0.4 is 5.14 Å². The number of primary sulfonamides is 1. The molecule has 0 unspecified atom stereocenters. The van der Waals surface area contributed by atoms with Crippen molar-refractivity contribution in [3.63, 3.8) is 0 Å². The minimum atomic E-state index is -4.35. The number of hydrogen-bond acceptors (Lipinski definition) is 5. The van der Waals surface area contributed by atoms with Gasteiger partial charge in [-0.05, 0) is 19.4 Å². The van der Waals surface area contributed by atoms with Crippen molar-refractivity contribution in [1.29, 1.82) is 0 Å². The van der Waals surface area contributed by atoms with E-state index in [1.54, 1.807) is 0 Å². The van der Waals surface area contributed by atoms with Gasteiger partial charge in [-0.15, -0.1) is 0 Å². The zero-order chi connectivity index (χ0) is 13.5. The lowest BCUT2D eigenvalue weighted by Crippen LogP contribution is -2.14. The number of nitro groups is 1. The zero-order valence-electron chi connectivity index (χ0n) is 8.89. The molecule has 0 bridgehead atoms. The predicted molar refractivity (Wildman–Crippen MR) is 60.6 cm³/mol. The van der Waals surface area contributed by atoms with Crippen LogP contribution in [0, 0.1) is 24.0 Å². The Morgan fingerprint density at radius 2 is 1.82 bits per heavy atom. The molecule has 17 heavy (non-hydrogen) atoms. The molecule has 1 aromatic rings. The highest BCUT2D eigenvalue weighted by atomic mass is 35.5. The molecule has 9 heteroatoms. The Kier molecular flexibility index (Phi) is 3.33. The summed E-state index contributed by atoms with van der Waals surface area (Å²) in [6, 6.07) is 0. The number of phenolic OH excluding ortho intramolecular Hbond substituents is 1. The Balaban J connectivity index is 3.95. The van der Waals surface area contributed by atoms with Crippen LogP contribution in [0.1, 0.15) is 11.1 Å². The molecular formula is C8H9ClN2O5S. The lowest BCUT2D eigenvalue weighted by molar-refractivity contribution is -0.386. The van der Waals surface area contributed by atoms with Crippen LogP contribution in [-0.2, 0) is 10.0 Å². The zero-order valence-corrected chi connectivity index (χ0v) is 10.5. The van der Waals surface area contributed by atoms with Gasteiger partial charge in [0, 0.05) is 5.56 Å². The second-order valence-corrected chi connectivity index (χ2v) is 5.27. The second kappa shape index (κ2) is 4.13. The molecule has 7 nitrogen and oxygen atoms in total. The molecule has 3 N–H and O–H groups in total. The molecule has 0 aliphatic heterocycles. The number of sulfonamides is 1. The lowest BCUT2D eigenvalue weighted by Gasteiger charge is -2.11. The minimum absolute atomic E-state index is 0.0879. The van der Waals surface area contributed by atoms with E-state index in [2.05, 4.69) is 0 Å². The largest absolute Gasteiger partial charge is 0.501 e. The highest BCUT2D eigenvalue weighted by Crippen LogP contribution is 2.42. The standard InChI is InChI=1S/C8H9ClN2O5S/c1-3-4(2)6(11(13)14)7(12)8(5(3)9)17(10,15)16/h12H,1-2H3,(H2,10,15,16). The summed E-state index contributed by atoms with van der Waals surface area (Å²) in [6.45, 7) is 2.75. The maximum absolute atomic E-state index is 11.2. The first-order chi connectivity index (χ1) is 7.59. The van der Waals surface area contributed by atoms with Crippen LogP contribution in [0.25, 0.3) is 0 Å². The third kappa shape index (κ3) is 2.19. The molecule has 1 rings (SSSR count). The van der Waals surface area contributed by atoms with Gasteiger partial charge >= 0.3 is 5.69 Å². The predicted octanol–water partition coefficient (Wildman–Crippen LogP) is 1.22. The van der Waals surface area contributed by atoms with Crippen molar-refractivity contribution in [3.05, 3.63) is 26.3 Å². The van der Waals surface area contributed by atoms with E-state index in [0.29, 0.717) is 0 Å². The molecular weight excluding hydrogens is 272 g/mol. The summed E-state index contributed by atoms with van der Waals surface area (Å²) < 4.78 is 22.4. The van der Waals surface area contributed by atoms with Crippen molar-refractivity contribution in [2.24, 2.45) is 5.14 Å². The number of nitro benzene ring substituents is 1. The fourth-order valence-electron chi connectivity index (χ4n) is 1.38. The fraction of sp³-hybridized carbons (Fsp3) is 0.250. The molecule has 0 atom stereocenters. The van der Waals surface area contributed by atoms with Crippen LogP contribution in [0.4, 0.5) is 5.69 Å². The SMILES string of the molecule is Cc1c(C)c([N+](=O)[O-])c(O)c(S(N)(=O)=O)c1Cl. The van der Waals surface area contributed by atoms with Crippen molar-refractivity contribution in [3.8, 4) is 5.75 Å². The maximum Gasteiger partial charge on any atom is 0.315 e. The summed E-state index contributed by atoms with van der Waals surface area (Å²) in [7, 11) is -4.35. The number of nitrogens with zero attached hydrogens (tertiary/aromatic N) is 1. The Bertz CT molecular complexity index is 611. The summed E-state index contributed by atoms with van der Waals surface area (Å²) in [5.41, 5.74) is -0.444. The third-order valence-corrected chi connectivity index (χ3v) is 3.90. The van der Waals surface area contributed by atoms with Gasteiger partial charge in [0.25, 0.3) is 0 Å². The molecule has 0 saturated heterocycles. The van der Waals surface area contributed by atoms with Gasteiger partial charge in [0.1, 0.15) is 4.90 Å². The molecule has 0 saturated carbocycles. The summed E-state index contributed by atoms with van der Waals surface area (Å²) in [5.74, 6) is -1.04. The molecule has 0 aromatic heterocycles. The molecule has 0 radical (unpaired) electrons. The van der Waals surface area contributed by atoms with Gasteiger partial charge in [0.05, 0.1) is 9.95 Å². The minimum Gasteiger partial charge on any atom is -0.501 e. The van der Waals surface area contributed by atoms with Crippen LogP contribution in [0.15, 0.2) is 4.90 Å². The highest BCUT2D eigenvalue weighted by molar-refractivity contribution is 7.89. The van der Waals surface area contributed by atoms with E-state index < -0.39 is 31.3 Å². The summed E-state index contributed by atoms with van der Waals surface area (Å²) >= 11 is 5.72. The van der Waals surface area contributed by atoms with E-state index in [0.717, 1.165) is 0 Å². The first-order valence-electron chi connectivity index (χ1n) is 4.27. The topological polar surface area (TPSA) is 124 Å². The quantitative estimate of drug-likeness (QED) is 0.622. The van der Waals surface area contributed by atoms with Crippen molar-refractivity contribution in [1.82, 2.24) is 0 Å². The van der Waals surface area contributed by atoms with E-state index in [1.807, 2.05) is 0 Å². The van der Waals surface area contributed by atoms with Gasteiger partial charge in [-0.2, -0.15) is 0 Å². The number of benzene rings is 1. The van der Waals surface area contributed by atoms with Gasteiger partial charge < -0.3 is 5.11 Å². The summed E-state index contributed by atoms with van der Waals surface area (Å²) in [6.07, 6.45) is 0. The second-order valence-electron chi connectivity index (χ2n) is 3.39. The van der Waals surface area contributed by atoms with Gasteiger partial charge in [0.15, 0.2) is 0 Å². The van der Waals surface area contributed by atoms with Crippen LogP contribution >= 0.6 is 11.6 Å². The molecule has 0 heterocycles. The molecule has 0 fully saturated rings. The summed E-state index contributed by atoms with van der Waals surface area (Å²) in [4.78, 5) is 9.04. The van der Waals surface area contributed by atoms with E-state index in [-0.39, 0.29) is 16.1 Å². The average Bonchev–Trinajstić information content (AvgIpc) is 2.11. The first kappa shape index (κ1) is 13.7. The average molecular weight is 281 g/mol. The number of halogens is 1. The van der Waals surface area contributed by atoms with E-state index >= 15 is 0 Å². The normalized spacial score (nSPS) is 11.5. The Morgan fingerprint density at radius 3 is 2.18 bits per heavy atom. The van der Waals surface area contributed by atoms with Gasteiger partial charge in [-0.3, -0.25) is 10.1 Å². The van der Waals surface area contributed by atoms with Crippen molar-refractivity contribution >= 4 is 27.3 Å². The molecule has 0 aliphatic rings. The van der Waals surface area contributed by atoms with Crippen molar-refractivity contribution < 1.29 is 18.4 Å². The molecule has 1 aromatic carbocycles. The molecule has 94 valence electrons. The van der Waals surface area contributed by atoms with Crippen molar-refractivity contribution in [2.75, 3.05) is 0 Å². The smallest absolute Gasteiger partial charge is 0.315 e. The van der Waals surface area contributed by atoms with E-state index in [4.69, 9.17) is 16.7 Å². The van der Waals surface area contributed by atoms with Crippen LogP contribution in [-0.4, -0.2) is 18.4 Å². The van der Waals surface area contributed by atoms with Crippen LogP contribution in [0.5, 0.6) is 5.75 Å². The monoisotopic (exact) mass is 280 g/mol. The maximum atomic E-state index is 11.2. The van der Waals surface area contributed by atoms with Gasteiger partial charge in [0.2, 0.25) is 15.8 Å². The highest BCUT2D eigenvalue weighted by Gasteiger charge is 2.31. The number of nitrogens with two attached hydrogens (primary N) is 1. The van der Waals surface area contributed by atoms with E-state index in [9.17, 15) is 23.6 Å². The van der Waals surface area contributed by atoms with Crippen molar-refractivity contribution in [2.45, 2.75) is 18.7 Å². The molecule has 0 spiro atoms. The number of rotatable bonds is 2. The van der Waals surface area contributed by atoms with Gasteiger partial charge in [-0.1, -0.05) is 11.6 Å². The lowest BCUT2D eigenvalue weighted by atomic mass is 10.1. The fourth-order valence-corrected chi connectivity index (χ4v) is 2.71. The number of hydrogen-bond donors (Lipinski definition) is 2. The Labute approximate surface area is 102 Å². The molecule has 0 amide bonds. The Morgan fingerprint density at radius 1 is 1.35 bits per heavy atom. The number of aromatic hydroxyl groups is 1. The van der Waals surface area contributed by atoms with Crippen LogP contribution in [0.2, 0.25) is 5.02 Å². The number of phenols is 1. The Hall–Kier alpha value is -1.38. The molecule has 0 aliphatic carbocycles.